The molecular formula is C11H19N3O2. The van der Waals surface area contributed by atoms with Crippen LogP contribution >= 0.6 is 0 Å². The van der Waals surface area contributed by atoms with Crippen LogP contribution in [0.25, 0.3) is 0 Å². The maximum atomic E-state index is 6.12. The monoisotopic (exact) mass is 225 g/mol. The van der Waals surface area contributed by atoms with Crippen LogP contribution < -0.4 is 5.73 Å². The molecule has 0 aromatic carbocycles. The predicted octanol–water partition coefficient (Wildman–Crippen LogP) is 1.37. The Kier molecular flexibility index (Phi) is 3.25. The van der Waals surface area contributed by atoms with Gasteiger partial charge in [0, 0.05) is 6.42 Å². The van der Waals surface area contributed by atoms with Crippen molar-refractivity contribution in [2.75, 3.05) is 6.61 Å². The van der Waals surface area contributed by atoms with Gasteiger partial charge in [0.25, 0.3) is 0 Å². The first kappa shape index (κ1) is 11.5. The first-order valence-electron chi connectivity index (χ1n) is 5.85. The van der Waals surface area contributed by atoms with Gasteiger partial charge in [0.15, 0.2) is 5.82 Å². The fourth-order valence-electron chi connectivity index (χ4n) is 1.52. The van der Waals surface area contributed by atoms with Crippen molar-refractivity contribution in [1.82, 2.24) is 10.1 Å². The normalized spacial score (nSPS) is 20.4. The Balaban J connectivity index is 1.93. The van der Waals surface area contributed by atoms with Gasteiger partial charge in [-0.3, -0.25) is 0 Å². The van der Waals surface area contributed by atoms with Crippen molar-refractivity contribution in [2.45, 2.75) is 51.2 Å². The van der Waals surface area contributed by atoms with Crippen LogP contribution in [0.4, 0.5) is 0 Å². The summed E-state index contributed by atoms with van der Waals surface area (Å²) in [6, 6.07) is 0. The van der Waals surface area contributed by atoms with Gasteiger partial charge in [-0.15, -0.1) is 0 Å². The lowest BCUT2D eigenvalue weighted by molar-refractivity contribution is -0.0222. The molecule has 1 saturated carbocycles. The maximum Gasteiger partial charge on any atom is 0.226 e. The number of aryl methyl sites for hydroxylation is 1. The first-order valence-corrected chi connectivity index (χ1v) is 5.85. The predicted molar refractivity (Wildman–Crippen MR) is 58.8 cm³/mol. The van der Waals surface area contributed by atoms with Gasteiger partial charge in [0.1, 0.15) is 5.54 Å². The van der Waals surface area contributed by atoms with Crippen LogP contribution in [0.2, 0.25) is 0 Å². The van der Waals surface area contributed by atoms with Crippen LogP contribution in [0, 0.1) is 0 Å². The smallest absolute Gasteiger partial charge is 0.226 e. The van der Waals surface area contributed by atoms with E-state index in [1.54, 1.807) is 0 Å². The molecule has 1 aliphatic rings. The molecule has 0 bridgehead atoms. The number of aromatic nitrogens is 2. The van der Waals surface area contributed by atoms with E-state index in [1.807, 2.05) is 13.8 Å². The highest BCUT2D eigenvalue weighted by atomic mass is 16.5. The third kappa shape index (κ3) is 2.41. The minimum absolute atomic E-state index is 0.375. The average Bonchev–Trinajstić information content (AvgIpc) is 2.63. The lowest BCUT2D eigenvalue weighted by Gasteiger charge is -2.29. The van der Waals surface area contributed by atoms with Gasteiger partial charge in [-0.1, -0.05) is 12.1 Å². The third-order valence-electron chi connectivity index (χ3n) is 2.95. The summed E-state index contributed by atoms with van der Waals surface area (Å²) < 4.78 is 10.7. The van der Waals surface area contributed by atoms with E-state index < -0.39 is 5.54 Å². The summed E-state index contributed by atoms with van der Waals surface area (Å²) in [5.74, 6) is 1.15. The Morgan fingerprint density at radius 3 is 2.81 bits per heavy atom. The molecule has 0 spiro atoms. The van der Waals surface area contributed by atoms with Gasteiger partial charge < -0.3 is 15.0 Å². The number of ether oxygens (including phenoxy) is 1. The quantitative estimate of drug-likeness (QED) is 0.819. The molecule has 0 amide bonds. The summed E-state index contributed by atoms with van der Waals surface area (Å²) in [5.41, 5.74) is 5.46. The molecule has 0 saturated heterocycles. The molecule has 2 rings (SSSR count). The van der Waals surface area contributed by atoms with E-state index >= 15 is 0 Å². The Morgan fingerprint density at radius 2 is 2.31 bits per heavy atom. The van der Waals surface area contributed by atoms with Crippen molar-refractivity contribution in [1.29, 1.82) is 0 Å². The molecule has 0 aliphatic heterocycles. The summed E-state index contributed by atoms with van der Waals surface area (Å²) in [6.07, 6.45) is 4.65. The van der Waals surface area contributed by atoms with Gasteiger partial charge >= 0.3 is 0 Å². The largest absolute Gasteiger partial charge is 0.376 e. The number of nitrogens with zero attached hydrogens (tertiary/aromatic N) is 2. The van der Waals surface area contributed by atoms with Crippen molar-refractivity contribution < 1.29 is 9.26 Å². The molecule has 5 heteroatoms. The van der Waals surface area contributed by atoms with E-state index in [2.05, 4.69) is 10.1 Å². The summed E-state index contributed by atoms with van der Waals surface area (Å²) in [7, 11) is 0. The van der Waals surface area contributed by atoms with Gasteiger partial charge in [-0.25, -0.2) is 0 Å². The van der Waals surface area contributed by atoms with Gasteiger partial charge in [-0.05, 0) is 26.2 Å². The second-order valence-corrected chi connectivity index (χ2v) is 4.65. The molecule has 2 N–H and O–H groups in total. The molecule has 1 fully saturated rings. The molecule has 0 radical (unpaired) electrons. The highest BCUT2D eigenvalue weighted by Crippen LogP contribution is 2.24. The molecule has 16 heavy (non-hydrogen) atoms. The van der Waals surface area contributed by atoms with Crippen LogP contribution in [0.15, 0.2) is 4.52 Å². The lowest BCUT2D eigenvalue weighted by Crippen LogP contribution is -2.41. The van der Waals surface area contributed by atoms with Gasteiger partial charge in [-0.2, -0.15) is 4.98 Å². The second kappa shape index (κ2) is 4.51. The highest BCUT2D eigenvalue weighted by molar-refractivity contribution is 5.01. The van der Waals surface area contributed by atoms with Crippen molar-refractivity contribution in [2.24, 2.45) is 5.73 Å². The zero-order chi connectivity index (χ0) is 11.6. The minimum Gasteiger partial charge on any atom is -0.376 e. The molecule has 90 valence electrons. The standard InChI is InChI=1S/C11H19N3O2/c1-3-9-13-10(14-16-9)11(2,12)7-15-8-5-4-6-8/h8H,3-7,12H2,1-2H3. The summed E-state index contributed by atoms with van der Waals surface area (Å²) in [4.78, 5) is 4.24. The van der Waals surface area contributed by atoms with Crippen LogP contribution in [0.5, 0.6) is 0 Å². The molecule has 1 aromatic heterocycles. The van der Waals surface area contributed by atoms with E-state index in [4.69, 9.17) is 15.0 Å². The van der Waals surface area contributed by atoms with Crippen LogP contribution in [-0.4, -0.2) is 22.9 Å². The van der Waals surface area contributed by atoms with Crippen LogP contribution in [0.3, 0.4) is 0 Å². The molecule has 1 unspecified atom stereocenters. The Bertz CT molecular complexity index is 345. The minimum atomic E-state index is -0.660. The Hall–Kier alpha value is -0.940. The Morgan fingerprint density at radius 1 is 1.56 bits per heavy atom. The third-order valence-corrected chi connectivity index (χ3v) is 2.95. The summed E-state index contributed by atoms with van der Waals surface area (Å²) >= 11 is 0. The van der Waals surface area contributed by atoms with Crippen molar-refractivity contribution in [3.05, 3.63) is 11.7 Å². The maximum absolute atomic E-state index is 6.12. The van der Waals surface area contributed by atoms with E-state index in [9.17, 15) is 0 Å². The zero-order valence-corrected chi connectivity index (χ0v) is 9.90. The van der Waals surface area contributed by atoms with E-state index in [0.717, 1.165) is 19.3 Å². The number of hydrogen-bond acceptors (Lipinski definition) is 5. The molecule has 1 heterocycles. The molecule has 1 aromatic rings. The first-order chi connectivity index (χ1) is 7.62. The van der Waals surface area contributed by atoms with E-state index in [-0.39, 0.29) is 0 Å². The van der Waals surface area contributed by atoms with Crippen LogP contribution in [0.1, 0.15) is 44.8 Å². The van der Waals surface area contributed by atoms with Crippen LogP contribution in [-0.2, 0) is 16.7 Å². The summed E-state index contributed by atoms with van der Waals surface area (Å²) in [6.45, 7) is 4.28. The number of nitrogens with two attached hydrogens (primary N) is 1. The fraction of sp³-hybridized carbons (Fsp3) is 0.818. The highest BCUT2D eigenvalue weighted by Gasteiger charge is 2.30. The topological polar surface area (TPSA) is 74.2 Å². The van der Waals surface area contributed by atoms with Gasteiger partial charge in [0.2, 0.25) is 5.89 Å². The van der Waals surface area contributed by atoms with Crippen molar-refractivity contribution in [3.8, 4) is 0 Å². The van der Waals surface area contributed by atoms with Gasteiger partial charge in [0.05, 0.1) is 12.7 Å². The van der Waals surface area contributed by atoms with Crippen molar-refractivity contribution in [3.63, 3.8) is 0 Å². The average molecular weight is 225 g/mol. The zero-order valence-electron chi connectivity index (χ0n) is 9.90. The van der Waals surface area contributed by atoms with E-state index in [0.29, 0.717) is 24.4 Å². The Labute approximate surface area is 95.3 Å². The summed E-state index contributed by atoms with van der Waals surface area (Å²) in [5, 5.41) is 3.89. The molecular weight excluding hydrogens is 206 g/mol. The van der Waals surface area contributed by atoms with E-state index in [1.165, 1.54) is 6.42 Å². The molecule has 1 atom stereocenters. The molecule has 5 nitrogen and oxygen atoms in total. The number of rotatable bonds is 5. The second-order valence-electron chi connectivity index (χ2n) is 4.65. The SMILES string of the molecule is CCc1nc(C(C)(N)COC2CCC2)no1. The molecule has 1 aliphatic carbocycles. The van der Waals surface area contributed by atoms with Crippen molar-refractivity contribution >= 4 is 0 Å². The number of hydrogen-bond donors (Lipinski definition) is 1. The fourth-order valence-corrected chi connectivity index (χ4v) is 1.52. The lowest BCUT2D eigenvalue weighted by atomic mass is 9.95.